The van der Waals surface area contributed by atoms with E-state index in [4.69, 9.17) is 4.74 Å². The Hall–Kier alpha value is -3.09. The van der Waals surface area contributed by atoms with Gasteiger partial charge >= 0.3 is 0 Å². The molecule has 2 aromatic carbocycles. The quantitative estimate of drug-likeness (QED) is 0.636. The zero-order valence-electron chi connectivity index (χ0n) is 14.2. The van der Waals surface area contributed by atoms with Gasteiger partial charge in [-0.3, -0.25) is 14.9 Å². The molecule has 2 N–H and O–H groups in total. The minimum absolute atomic E-state index is 0.0467. The highest BCUT2D eigenvalue weighted by Gasteiger charge is 2.24. The third-order valence-electron chi connectivity index (χ3n) is 4.93. The Bertz CT molecular complexity index is 856. The number of nitro groups is 1. The van der Waals surface area contributed by atoms with Gasteiger partial charge in [-0.2, -0.15) is 0 Å². The first-order valence-electron chi connectivity index (χ1n) is 8.66. The van der Waals surface area contributed by atoms with E-state index in [0.717, 1.165) is 19.3 Å². The lowest BCUT2D eigenvalue weighted by Gasteiger charge is -2.19. The number of nitrogens with zero attached hydrogens (tertiary/aromatic N) is 1. The van der Waals surface area contributed by atoms with E-state index >= 15 is 0 Å². The molecule has 26 heavy (non-hydrogen) atoms. The van der Waals surface area contributed by atoms with Crippen LogP contribution in [0.3, 0.4) is 0 Å². The van der Waals surface area contributed by atoms with Gasteiger partial charge in [-0.1, -0.05) is 24.3 Å². The molecule has 0 saturated heterocycles. The van der Waals surface area contributed by atoms with Crippen LogP contribution in [-0.2, 0) is 17.6 Å². The molecule has 2 aliphatic rings. The van der Waals surface area contributed by atoms with Gasteiger partial charge < -0.3 is 15.4 Å². The second kappa shape index (κ2) is 6.67. The highest BCUT2D eigenvalue weighted by Crippen LogP contribution is 2.38. The lowest BCUT2D eigenvalue weighted by Crippen LogP contribution is -2.25. The summed E-state index contributed by atoms with van der Waals surface area (Å²) in [6, 6.07) is 11.4. The SMILES string of the molecule is O=C1COc2cc([N+](=O)[O-])c(NCCC3Cc4ccccc4C3)cc2N1. The average Bonchev–Trinajstić information content (AvgIpc) is 3.03. The Morgan fingerprint density at radius 2 is 1.96 bits per heavy atom. The summed E-state index contributed by atoms with van der Waals surface area (Å²) in [5.41, 5.74) is 3.61. The number of carbonyl (C=O) groups excluding carboxylic acids is 1. The second-order valence-electron chi connectivity index (χ2n) is 6.72. The molecular weight excluding hydrogens is 334 g/mol. The number of rotatable bonds is 5. The largest absolute Gasteiger partial charge is 0.481 e. The molecule has 0 atom stereocenters. The fraction of sp³-hybridized carbons (Fsp3) is 0.316. The van der Waals surface area contributed by atoms with E-state index in [9.17, 15) is 14.9 Å². The number of amides is 1. The summed E-state index contributed by atoms with van der Waals surface area (Å²) in [7, 11) is 0. The number of hydrogen-bond acceptors (Lipinski definition) is 5. The first-order valence-corrected chi connectivity index (χ1v) is 8.66. The van der Waals surface area contributed by atoms with Crippen LogP contribution in [0, 0.1) is 16.0 Å². The third kappa shape index (κ3) is 3.20. The van der Waals surface area contributed by atoms with Gasteiger partial charge in [0.25, 0.3) is 11.6 Å². The summed E-state index contributed by atoms with van der Waals surface area (Å²) in [5, 5.41) is 17.2. The smallest absolute Gasteiger partial charge is 0.296 e. The first-order chi connectivity index (χ1) is 12.6. The van der Waals surface area contributed by atoms with Crippen molar-refractivity contribution in [3.05, 3.63) is 57.6 Å². The molecular formula is C19H19N3O4. The lowest BCUT2D eigenvalue weighted by atomic mass is 10.0. The topological polar surface area (TPSA) is 93.5 Å². The summed E-state index contributed by atoms with van der Waals surface area (Å²) in [4.78, 5) is 22.4. The number of nitrogens with one attached hydrogen (secondary N) is 2. The number of nitro benzene ring substituents is 1. The molecule has 0 aromatic heterocycles. The van der Waals surface area contributed by atoms with Crippen LogP contribution in [0.1, 0.15) is 17.5 Å². The number of anilines is 2. The van der Waals surface area contributed by atoms with E-state index in [2.05, 4.69) is 34.9 Å². The maximum atomic E-state index is 11.5. The lowest BCUT2D eigenvalue weighted by molar-refractivity contribution is -0.384. The zero-order valence-corrected chi connectivity index (χ0v) is 14.2. The molecule has 0 fully saturated rings. The summed E-state index contributed by atoms with van der Waals surface area (Å²) in [6.45, 7) is 0.506. The van der Waals surface area contributed by atoms with Crippen molar-refractivity contribution in [1.82, 2.24) is 0 Å². The van der Waals surface area contributed by atoms with E-state index in [1.165, 1.54) is 17.2 Å². The zero-order chi connectivity index (χ0) is 18.1. The van der Waals surface area contributed by atoms with Crippen molar-refractivity contribution in [2.75, 3.05) is 23.8 Å². The van der Waals surface area contributed by atoms with Crippen molar-refractivity contribution in [3.8, 4) is 5.75 Å². The molecule has 0 bridgehead atoms. The van der Waals surface area contributed by atoms with Crippen LogP contribution in [0.2, 0.25) is 0 Å². The summed E-state index contributed by atoms with van der Waals surface area (Å²) in [6.07, 6.45) is 3.02. The van der Waals surface area contributed by atoms with E-state index in [-0.39, 0.29) is 18.2 Å². The number of carbonyl (C=O) groups is 1. The van der Waals surface area contributed by atoms with Crippen LogP contribution < -0.4 is 15.4 Å². The predicted molar refractivity (Wildman–Crippen MR) is 97.7 cm³/mol. The molecule has 7 heteroatoms. The van der Waals surface area contributed by atoms with Gasteiger partial charge in [0.05, 0.1) is 16.7 Å². The highest BCUT2D eigenvalue weighted by molar-refractivity contribution is 5.96. The molecule has 0 spiro atoms. The second-order valence-corrected chi connectivity index (χ2v) is 6.72. The van der Waals surface area contributed by atoms with Crippen molar-refractivity contribution in [2.45, 2.75) is 19.3 Å². The Balaban J connectivity index is 1.44. The predicted octanol–water partition coefficient (Wildman–Crippen LogP) is 3.14. The molecule has 1 amide bonds. The van der Waals surface area contributed by atoms with Crippen LogP contribution >= 0.6 is 0 Å². The molecule has 0 saturated carbocycles. The van der Waals surface area contributed by atoms with Gasteiger partial charge in [0.2, 0.25) is 0 Å². The molecule has 0 radical (unpaired) electrons. The number of hydrogen-bond donors (Lipinski definition) is 2. The first kappa shape index (κ1) is 16.4. The fourth-order valence-corrected chi connectivity index (χ4v) is 3.67. The van der Waals surface area contributed by atoms with Crippen LogP contribution in [0.4, 0.5) is 17.1 Å². The average molecular weight is 353 g/mol. The standard InChI is InChI=1S/C19H19N3O4/c23-19-11-26-18-10-17(22(24)25)15(9-16(18)21-19)20-6-5-12-7-13-3-1-2-4-14(13)8-12/h1-4,9-10,12,20H,5-8,11H2,(H,21,23). The molecule has 0 unspecified atom stereocenters. The number of benzene rings is 2. The van der Waals surface area contributed by atoms with Gasteiger partial charge in [-0.15, -0.1) is 0 Å². The van der Waals surface area contributed by atoms with Crippen LogP contribution in [0.15, 0.2) is 36.4 Å². The molecule has 1 heterocycles. The summed E-state index contributed by atoms with van der Waals surface area (Å²) in [5.74, 6) is 0.605. The molecule has 7 nitrogen and oxygen atoms in total. The van der Waals surface area contributed by atoms with Gasteiger partial charge in [0.1, 0.15) is 5.69 Å². The molecule has 1 aliphatic carbocycles. The highest BCUT2D eigenvalue weighted by atomic mass is 16.6. The van der Waals surface area contributed by atoms with Gasteiger partial charge in [0, 0.05) is 6.54 Å². The minimum atomic E-state index is -0.437. The Morgan fingerprint density at radius 3 is 2.65 bits per heavy atom. The fourth-order valence-electron chi connectivity index (χ4n) is 3.67. The van der Waals surface area contributed by atoms with Crippen molar-refractivity contribution >= 4 is 23.0 Å². The van der Waals surface area contributed by atoms with E-state index in [0.29, 0.717) is 29.6 Å². The van der Waals surface area contributed by atoms with E-state index in [1.54, 1.807) is 6.07 Å². The Kier molecular flexibility index (Phi) is 4.20. The van der Waals surface area contributed by atoms with Crippen LogP contribution in [0.25, 0.3) is 0 Å². The monoisotopic (exact) mass is 353 g/mol. The van der Waals surface area contributed by atoms with Gasteiger partial charge in [-0.05, 0) is 42.4 Å². The molecule has 4 rings (SSSR count). The van der Waals surface area contributed by atoms with E-state index in [1.807, 2.05) is 0 Å². The molecule has 134 valence electrons. The number of ether oxygens (including phenoxy) is 1. The maximum Gasteiger partial charge on any atom is 0.296 e. The van der Waals surface area contributed by atoms with Crippen molar-refractivity contribution < 1.29 is 14.5 Å². The molecule has 2 aromatic rings. The Morgan fingerprint density at radius 1 is 1.23 bits per heavy atom. The van der Waals surface area contributed by atoms with Gasteiger partial charge in [-0.25, -0.2) is 0 Å². The van der Waals surface area contributed by atoms with Crippen molar-refractivity contribution in [3.63, 3.8) is 0 Å². The normalized spacial score (nSPS) is 15.6. The summed E-state index contributed by atoms with van der Waals surface area (Å²) < 4.78 is 5.26. The number of fused-ring (bicyclic) bond motifs is 2. The van der Waals surface area contributed by atoms with Crippen molar-refractivity contribution in [1.29, 1.82) is 0 Å². The van der Waals surface area contributed by atoms with Crippen LogP contribution in [-0.4, -0.2) is 24.0 Å². The summed E-state index contributed by atoms with van der Waals surface area (Å²) >= 11 is 0. The third-order valence-corrected chi connectivity index (χ3v) is 4.93. The maximum absolute atomic E-state index is 11.5. The van der Waals surface area contributed by atoms with E-state index < -0.39 is 4.92 Å². The van der Waals surface area contributed by atoms with Crippen LogP contribution in [0.5, 0.6) is 5.75 Å². The molecule has 1 aliphatic heterocycles. The van der Waals surface area contributed by atoms with Gasteiger partial charge in [0.15, 0.2) is 12.4 Å². The minimum Gasteiger partial charge on any atom is -0.481 e. The van der Waals surface area contributed by atoms with Crippen molar-refractivity contribution in [2.24, 2.45) is 5.92 Å². The Labute approximate surface area is 150 Å².